The minimum Gasteiger partial charge on any atom is -0.368 e. The van der Waals surface area contributed by atoms with Gasteiger partial charge in [-0.05, 0) is 0 Å². The van der Waals surface area contributed by atoms with Crippen molar-refractivity contribution in [1.82, 2.24) is 0 Å². The average molecular weight is 200 g/mol. The van der Waals surface area contributed by atoms with Crippen LogP contribution in [0, 0.1) is 0 Å². The van der Waals surface area contributed by atoms with Crippen LogP contribution < -0.4 is 17.2 Å². The van der Waals surface area contributed by atoms with Gasteiger partial charge in [-0.15, -0.1) is 12.4 Å². The maximum absolute atomic E-state index is 12.4. The average Bonchev–Trinajstić information content (AvgIpc) is 1.87. The Morgan fingerprint density at radius 2 is 1.67 bits per heavy atom. The molecule has 72 valence electrons. The summed E-state index contributed by atoms with van der Waals surface area (Å²) in [7, 11) is 0. The van der Waals surface area contributed by atoms with Crippen molar-refractivity contribution >= 4 is 24.2 Å². The van der Waals surface area contributed by atoms with Crippen molar-refractivity contribution in [2.45, 2.75) is 18.6 Å². The van der Waals surface area contributed by atoms with Crippen LogP contribution in [-0.2, 0) is 9.59 Å². The predicted molar refractivity (Wildman–Crippen MR) is 43.1 cm³/mol. The van der Waals surface area contributed by atoms with Crippen LogP contribution in [0.15, 0.2) is 0 Å². The highest BCUT2D eigenvalue weighted by Crippen LogP contribution is 1.99. The first-order valence-electron chi connectivity index (χ1n) is 2.93. The number of primary amides is 2. The van der Waals surface area contributed by atoms with Crippen LogP contribution in [0.4, 0.5) is 4.39 Å². The fraction of sp³-hybridized carbons (Fsp3) is 0.600. The third-order valence-electron chi connectivity index (χ3n) is 1.14. The van der Waals surface area contributed by atoms with E-state index < -0.39 is 30.4 Å². The van der Waals surface area contributed by atoms with Gasteiger partial charge in [0.2, 0.25) is 5.91 Å². The summed E-state index contributed by atoms with van der Waals surface area (Å²) in [5.74, 6) is -1.99. The van der Waals surface area contributed by atoms with Crippen LogP contribution in [0.5, 0.6) is 0 Å². The molecule has 0 aliphatic rings. The Kier molecular flexibility index (Phi) is 6.54. The molecule has 5 nitrogen and oxygen atoms in total. The van der Waals surface area contributed by atoms with E-state index in [9.17, 15) is 14.0 Å². The Labute approximate surface area is 74.9 Å². The number of hydrogen-bond donors (Lipinski definition) is 3. The van der Waals surface area contributed by atoms with Crippen LogP contribution in [0.1, 0.15) is 6.42 Å². The van der Waals surface area contributed by atoms with Gasteiger partial charge in [-0.25, -0.2) is 4.39 Å². The Hall–Kier alpha value is -0.880. The number of carbonyl (C=O) groups is 2. The molecule has 0 rings (SSSR count). The van der Waals surface area contributed by atoms with Crippen LogP contribution in [-0.4, -0.2) is 24.0 Å². The number of carbonyl (C=O) groups excluding carboxylic acids is 2. The number of alkyl halides is 1. The fourth-order valence-corrected chi connectivity index (χ4v) is 0.455. The third kappa shape index (κ3) is 4.86. The largest absolute Gasteiger partial charge is 0.368 e. The molecule has 0 radical (unpaired) electrons. The van der Waals surface area contributed by atoms with E-state index in [1.165, 1.54) is 0 Å². The lowest BCUT2D eigenvalue weighted by Gasteiger charge is -2.07. The first kappa shape index (κ1) is 13.7. The molecule has 0 bridgehead atoms. The van der Waals surface area contributed by atoms with Gasteiger partial charge in [0, 0.05) is 6.42 Å². The van der Waals surface area contributed by atoms with E-state index >= 15 is 0 Å². The van der Waals surface area contributed by atoms with E-state index in [2.05, 4.69) is 5.73 Å². The van der Waals surface area contributed by atoms with Gasteiger partial charge >= 0.3 is 0 Å². The Balaban J connectivity index is 0. The predicted octanol–water partition coefficient (Wildman–Crippen LogP) is -1.57. The summed E-state index contributed by atoms with van der Waals surface area (Å²) in [6, 6.07) is -1.16. The summed E-state index contributed by atoms with van der Waals surface area (Å²) in [4.78, 5) is 20.3. The molecule has 0 spiro atoms. The molecule has 0 aromatic rings. The molecule has 0 fully saturated rings. The first-order chi connectivity index (χ1) is 4.95. The summed E-state index contributed by atoms with van der Waals surface area (Å²) in [5.41, 5.74) is 14.3. The quantitative estimate of drug-likeness (QED) is 0.509. The second-order valence-corrected chi connectivity index (χ2v) is 2.11. The lowest BCUT2D eigenvalue weighted by molar-refractivity contribution is -0.124. The highest BCUT2D eigenvalue weighted by atomic mass is 35.5. The van der Waals surface area contributed by atoms with Crippen molar-refractivity contribution in [2.24, 2.45) is 17.2 Å². The monoisotopic (exact) mass is 199 g/mol. The van der Waals surface area contributed by atoms with Crippen molar-refractivity contribution in [3.05, 3.63) is 0 Å². The molecule has 6 N–H and O–H groups in total. The standard InChI is InChI=1S/C5H10FN3O2.ClH/c6-2(4(8)10)1-3(7)5(9)11;/h2-3H,1,7H2,(H2,8,10)(H2,9,11);1H/t2-,3+;/m1./s1. The van der Waals surface area contributed by atoms with Crippen molar-refractivity contribution in [3.63, 3.8) is 0 Å². The minimum absolute atomic E-state index is 0. The highest BCUT2D eigenvalue weighted by molar-refractivity contribution is 5.85. The summed E-state index contributed by atoms with van der Waals surface area (Å²) < 4.78 is 12.4. The number of halogens is 2. The first-order valence-corrected chi connectivity index (χ1v) is 2.93. The molecule has 2 atom stereocenters. The number of rotatable bonds is 4. The van der Waals surface area contributed by atoms with Crippen LogP contribution in [0.25, 0.3) is 0 Å². The Bertz CT molecular complexity index is 160. The second-order valence-electron chi connectivity index (χ2n) is 2.11. The summed E-state index contributed by atoms with van der Waals surface area (Å²) in [6.07, 6.45) is -2.36. The van der Waals surface area contributed by atoms with Gasteiger partial charge in [0.1, 0.15) is 0 Å². The lowest BCUT2D eigenvalue weighted by atomic mass is 10.1. The minimum atomic E-state index is -1.91. The van der Waals surface area contributed by atoms with Crippen molar-refractivity contribution < 1.29 is 14.0 Å². The lowest BCUT2D eigenvalue weighted by Crippen LogP contribution is -2.41. The van der Waals surface area contributed by atoms with E-state index in [-0.39, 0.29) is 12.4 Å². The van der Waals surface area contributed by atoms with E-state index in [1.54, 1.807) is 0 Å². The zero-order valence-electron chi connectivity index (χ0n) is 6.20. The van der Waals surface area contributed by atoms with Gasteiger partial charge in [-0.3, -0.25) is 9.59 Å². The van der Waals surface area contributed by atoms with E-state index in [0.717, 1.165) is 0 Å². The number of hydrogen-bond acceptors (Lipinski definition) is 3. The number of amides is 2. The number of nitrogens with two attached hydrogens (primary N) is 3. The summed E-state index contributed by atoms with van der Waals surface area (Å²) in [6.45, 7) is 0. The van der Waals surface area contributed by atoms with Gasteiger partial charge < -0.3 is 17.2 Å². The summed E-state index contributed by atoms with van der Waals surface area (Å²) in [5, 5.41) is 0. The van der Waals surface area contributed by atoms with Gasteiger partial charge in [-0.2, -0.15) is 0 Å². The van der Waals surface area contributed by atoms with Gasteiger partial charge in [0.05, 0.1) is 6.04 Å². The molecule has 7 heteroatoms. The van der Waals surface area contributed by atoms with Gasteiger partial charge in [0.25, 0.3) is 5.91 Å². The third-order valence-corrected chi connectivity index (χ3v) is 1.14. The van der Waals surface area contributed by atoms with Crippen LogP contribution in [0.3, 0.4) is 0 Å². The second kappa shape index (κ2) is 5.73. The van der Waals surface area contributed by atoms with E-state index in [4.69, 9.17) is 11.5 Å². The zero-order valence-corrected chi connectivity index (χ0v) is 7.01. The molecule has 12 heavy (non-hydrogen) atoms. The van der Waals surface area contributed by atoms with Crippen molar-refractivity contribution in [3.8, 4) is 0 Å². The molecule has 0 unspecified atom stereocenters. The van der Waals surface area contributed by atoms with Crippen LogP contribution >= 0.6 is 12.4 Å². The molecular weight excluding hydrogens is 189 g/mol. The SMILES string of the molecule is Cl.NC(=O)[C@H](F)C[C@H](N)C(N)=O. The smallest absolute Gasteiger partial charge is 0.252 e. The Morgan fingerprint density at radius 1 is 1.25 bits per heavy atom. The topological polar surface area (TPSA) is 112 Å². The molecule has 0 saturated heterocycles. The molecule has 0 aliphatic carbocycles. The molecule has 0 heterocycles. The van der Waals surface area contributed by atoms with E-state index in [1.807, 2.05) is 0 Å². The molecule has 2 amide bonds. The molecule has 0 saturated carbocycles. The Morgan fingerprint density at radius 3 is 1.92 bits per heavy atom. The van der Waals surface area contributed by atoms with Crippen molar-refractivity contribution in [2.75, 3.05) is 0 Å². The molecular formula is C5H11ClFN3O2. The maximum atomic E-state index is 12.4. The molecule has 0 aromatic carbocycles. The van der Waals surface area contributed by atoms with Crippen LogP contribution in [0.2, 0.25) is 0 Å². The maximum Gasteiger partial charge on any atom is 0.252 e. The molecule has 0 aromatic heterocycles. The highest BCUT2D eigenvalue weighted by Gasteiger charge is 2.20. The van der Waals surface area contributed by atoms with Gasteiger partial charge in [0.15, 0.2) is 6.17 Å². The van der Waals surface area contributed by atoms with Gasteiger partial charge in [-0.1, -0.05) is 0 Å². The molecule has 0 aliphatic heterocycles. The zero-order chi connectivity index (χ0) is 9.02. The summed E-state index contributed by atoms with van der Waals surface area (Å²) >= 11 is 0. The normalized spacial score (nSPS) is 14.2. The van der Waals surface area contributed by atoms with E-state index in [0.29, 0.717) is 0 Å². The fourth-order valence-electron chi connectivity index (χ4n) is 0.455. The van der Waals surface area contributed by atoms with Crippen molar-refractivity contribution in [1.29, 1.82) is 0 Å².